The van der Waals surface area contributed by atoms with Gasteiger partial charge in [0.25, 0.3) is 0 Å². The fraction of sp³-hybridized carbons (Fsp3) is 0.667. The van der Waals surface area contributed by atoms with E-state index in [1.807, 2.05) is 13.8 Å². The summed E-state index contributed by atoms with van der Waals surface area (Å²) in [6.07, 6.45) is 0.779. The third-order valence-corrected chi connectivity index (χ3v) is 5.12. The van der Waals surface area contributed by atoms with Crippen molar-refractivity contribution < 1.29 is 12.8 Å². The summed E-state index contributed by atoms with van der Waals surface area (Å²) in [7, 11) is -3.51. The second-order valence-corrected chi connectivity index (χ2v) is 6.10. The van der Waals surface area contributed by atoms with Crippen molar-refractivity contribution >= 4 is 10.0 Å². The molecule has 0 fully saturated rings. The van der Waals surface area contributed by atoms with Crippen molar-refractivity contribution in [1.82, 2.24) is 4.31 Å². The topological polar surface area (TPSA) is 76.5 Å². The van der Waals surface area contributed by atoms with Crippen molar-refractivity contribution in [3.63, 3.8) is 0 Å². The molecule has 18 heavy (non-hydrogen) atoms. The van der Waals surface area contributed by atoms with Gasteiger partial charge in [-0.2, -0.15) is 4.31 Å². The molecule has 0 saturated heterocycles. The molecule has 104 valence electrons. The van der Waals surface area contributed by atoms with E-state index >= 15 is 0 Å². The minimum absolute atomic E-state index is 0.168. The van der Waals surface area contributed by atoms with Gasteiger partial charge in [-0.15, -0.1) is 0 Å². The van der Waals surface area contributed by atoms with E-state index in [4.69, 9.17) is 10.2 Å². The molecule has 0 aliphatic heterocycles. The summed E-state index contributed by atoms with van der Waals surface area (Å²) in [5.74, 6) is 1.00. The van der Waals surface area contributed by atoms with Crippen molar-refractivity contribution in [2.45, 2.75) is 45.6 Å². The molecule has 0 radical (unpaired) electrons. The van der Waals surface area contributed by atoms with Crippen LogP contribution in [0.5, 0.6) is 0 Å². The monoisotopic (exact) mass is 274 g/mol. The zero-order valence-corrected chi connectivity index (χ0v) is 12.3. The lowest BCUT2D eigenvalue weighted by Gasteiger charge is -2.20. The Morgan fingerprint density at radius 2 is 1.83 bits per heavy atom. The molecule has 0 saturated carbocycles. The van der Waals surface area contributed by atoms with Gasteiger partial charge in [0.1, 0.15) is 16.4 Å². The molecule has 1 aromatic rings. The van der Waals surface area contributed by atoms with E-state index in [2.05, 4.69) is 0 Å². The zero-order chi connectivity index (χ0) is 13.9. The molecule has 0 atom stereocenters. The summed E-state index contributed by atoms with van der Waals surface area (Å²) in [6, 6.07) is 0. The molecule has 0 spiro atoms. The third kappa shape index (κ3) is 2.60. The minimum Gasteiger partial charge on any atom is -0.465 e. The lowest BCUT2D eigenvalue weighted by atomic mass is 10.2. The van der Waals surface area contributed by atoms with Crippen LogP contribution in [0.2, 0.25) is 0 Å². The molecular weight excluding hydrogens is 252 g/mol. The molecule has 0 unspecified atom stereocenters. The smallest absolute Gasteiger partial charge is 0.246 e. The van der Waals surface area contributed by atoms with Gasteiger partial charge in [0.15, 0.2) is 0 Å². The highest BCUT2D eigenvalue weighted by molar-refractivity contribution is 7.89. The Balaban J connectivity index is 3.35. The Morgan fingerprint density at radius 1 is 1.22 bits per heavy atom. The van der Waals surface area contributed by atoms with Crippen molar-refractivity contribution in [3.05, 3.63) is 17.1 Å². The first-order valence-electron chi connectivity index (χ1n) is 6.19. The molecule has 1 aromatic heterocycles. The van der Waals surface area contributed by atoms with E-state index in [0.29, 0.717) is 30.2 Å². The van der Waals surface area contributed by atoms with Gasteiger partial charge in [0, 0.05) is 25.2 Å². The Kier molecular flexibility index (Phi) is 4.95. The maximum absolute atomic E-state index is 12.6. The second kappa shape index (κ2) is 5.86. The first-order chi connectivity index (χ1) is 8.39. The van der Waals surface area contributed by atoms with E-state index < -0.39 is 10.0 Å². The van der Waals surface area contributed by atoms with Gasteiger partial charge in [-0.25, -0.2) is 8.42 Å². The normalized spacial score (nSPS) is 12.3. The highest BCUT2D eigenvalue weighted by atomic mass is 32.2. The summed E-state index contributed by atoms with van der Waals surface area (Å²) in [6.45, 7) is 8.31. The van der Waals surface area contributed by atoms with Crippen LogP contribution in [-0.2, 0) is 16.6 Å². The van der Waals surface area contributed by atoms with Gasteiger partial charge < -0.3 is 10.2 Å². The van der Waals surface area contributed by atoms with Crippen LogP contribution in [0.1, 0.15) is 37.4 Å². The third-order valence-electron chi connectivity index (χ3n) is 2.95. The van der Waals surface area contributed by atoms with E-state index in [-0.39, 0.29) is 11.4 Å². The molecule has 2 N–H and O–H groups in total. The van der Waals surface area contributed by atoms with Gasteiger partial charge >= 0.3 is 0 Å². The Morgan fingerprint density at radius 3 is 2.28 bits per heavy atom. The number of aryl methyl sites for hydroxylation is 2. The van der Waals surface area contributed by atoms with Crippen LogP contribution in [0.15, 0.2) is 9.31 Å². The molecule has 5 nitrogen and oxygen atoms in total. The van der Waals surface area contributed by atoms with Crippen LogP contribution >= 0.6 is 0 Å². The molecule has 6 heteroatoms. The number of furan rings is 1. The molecular formula is C12H22N2O3S. The Hall–Kier alpha value is -0.850. The molecule has 1 heterocycles. The zero-order valence-electron chi connectivity index (χ0n) is 11.5. The van der Waals surface area contributed by atoms with Crippen molar-refractivity contribution in [3.8, 4) is 0 Å². The first kappa shape index (κ1) is 15.2. The fourth-order valence-corrected chi connectivity index (χ4v) is 4.07. The maximum Gasteiger partial charge on any atom is 0.246 e. The van der Waals surface area contributed by atoms with Crippen LogP contribution < -0.4 is 5.73 Å². The summed E-state index contributed by atoms with van der Waals surface area (Å²) in [4.78, 5) is 0.248. The van der Waals surface area contributed by atoms with Crippen molar-refractivity contribution in [2.75, 3.05) is 13.1 Å². The highest BCUT2D eigenvalue weighted by Crippen LogP contribution is 2.28. The van der Waals surface area contributed by atoms with Crippen molar-refractivity contribution in [2.24, 2.45) is 5.73 Å². The van der Waals surface area contributed by atoms with Gasteiger partial charge in [-0.05, 0) is 20.3 Å². The predicted molar refractivity (Wildman–Crippen MR) is 70.8 cm³/mol. The lowest BCUT2D eigenvalue weighted by Crippen LogP contribution is -2.32. The van der Waals surface area contributed by atoms with Crippen LogP contribution in [0.4, 0.5) is 0 Å². The van der Waals surface area contributed by atoms with Crippen LogP contribution in [0.3, 0.4) is 0 Å². The molecule has 0 aliphatic carbocycles. The standard InChI is InChI=1S/C12H22N2O3S/c1-5-7-14(6-2)18(15,16)12-10(4)17-9(3)11(12)8-13/h5-8,13H2,1-4H3. The van der Waals surface area contributed by atoms with Crippen LogP contribution in [0, 0.1) is 13.8 Å². The maximum atomic E-state index is 12.6. The summed E-state index contributed by atoms with van der Waals surface area (Å²) >= 11 is 0. The predicted octanol–water partition coefficient (Wildman–Crippen LogP) is 1.78. The van der Waals surface area contributed by atoms with E-state index in [0.717, 1.165) is 6.42 Å². The SMILES string of the molecule is CCCN(CC)S(=O)(=O)c1c(C)oc(C)c1CN. The molecule has 0 amide bonds. The summed E-state index contributed by atoms with van der Waals surface area (Å²) in [5.41, 5.74) is 6.22. The second-order valence-electron chi connectivity index (χ2n) is 4.22. The summed E-state index contributed by atoms with van der Waals surface area (Å²) in [5, 5.41) is 0. The fourth-order valence-electron chi connectivity index (χ4n) is 2.11. The van der Waals surface area contributed by atoms with Gasteiger partial charge in [0.05, 0.1) is 0 Å². The molecule has 0 aliphatic rings. The number of hydrogen-bond acceptors (Lipinski definition) is 4. The van der Waals surface area contributed by atoms with E-state index in [9.17, 15) is 8.42 Å². The molecule has 1 rings (SSSR count). The average Bonchev–Trinajstić information content (AvgIpc) is 2.60. The number of sulfonamides is 1. The first-order valence-corrected chi connectivity index (χ1v) is 7.63. The summed E-state index contributed by atoms with van der Waals surface area (Å²) < 4.78 is 32.0. The van der Waals surface area contributed by atoms with Gasteiger partial charge in [-0.1, -0.05) is 13.8 Å². The van der Waals surface area contributed by atoms with E-state index in [1.54, 1.807) is 13.8 Å². The quantitative estimate of drug-likeness (QED) is 0.857. The van der Waals surface area contributed by atoms with Gasteiger partial charge in [0.2, 0.25) is 10.0 Å². The number of nitrogens with two attached hydrogens (primary N) is 1. The van der Waals surface area contributed by atoms with Gasteiger partial charge in [-0.3, -0.25) is 0 Å². The van der Waals surface area contributed by atoms with Crippen molar-refractivity contribution in [1.29, 1.82) is 0 Å². The molecule has 0 bridgehead atoms. The number of nitrogens with zero attached hydrogens (tertiary/aromatic N) is 1. The Bertz CT molecular complexity index is 506. The van der Waals surface area contributed by atoms with Crippen LogP contribution in [0.25, 0.3) is 0 Å². The minimum atomic E-state index is -3.51. The van der Waals surface area contributed by atoms with Crippen LogP contribution in [-0.4, -0.2) is 25.8 Å². The average molecular weight is 274 g/mol. The largest absolute Gasteiger partial charge is 0.465 e. The molecule has 0 aromatic carbocycles. The Labute approximate surface area is 109 Å². The highest BCUT2D eigenvalue weighted by Gasteiger charge is 2.30. The number of hydrogen-bond donors (Lipinski definition) is 1. The number of rotatable bonds is 6. The lowest BCUT2D eigenvalue weighted by molar-refractivity contribution is 0.424. The van der Waals surface area contributed by atoms with E-state index in [1.165, 1.54) is 4.31 Å².